The van der Waals surface area contributed by atoms with Gasteiger partial charge in [-0.2, -0.15) is 0 Å². The molecule has 5 rings (SSSR count). The van der Waals surface area contributed by atoms with Crippen molar-refractivity contribution in [2.75, 3.05) is 19.6 Å². The van der Waals surface area contributed by atoms with Crippen molar-refractivity contribution in [3.05, 3.63) is 77.0 Å². The van der Waals surface area contributed by atoms with E-state index in [2.05, 4.69) is 16.5 Å². The Morgan fingerprint density at radius 1 is 1.21 bits per heavy atom. The summed E-state index contributed by atoms with van der Waals surface area (Å²) in [5.41, 5.74) is 2.96. The van der Waals surface area contributed by atoms with Crippen molar-refractivity contribution in [2.24, 2.45) is 0 Å². The van der Waals surface area contributed by atoms with Crippen molar-refractivity contribution in [3.63, 3.8) is 0 Å². The number of rotatable bonds is 3. The number of hydrogen-bond donors (Lipinski definition) is 3. The molecular weight excluding hydrogens is 384 g/mol. The summed E-state index contributed by atoms with van der Waals surface area (Å²) in [4.78, 5) is 5.84. The van der Waals surface area contributed by atoms with E-state index < -0.39 is 11.0 Å². The molecule has 4 nitrogen and oxygen atoms in total. The molecular formula is C24H25ClN2O2. The maximum atomic E-state index is 12.2. The number of H-pyrrole nitrogens is 1. The third kappa shape index (κ3) is 2.82. The molecule has 0 saturated carbocycles. The Labute approximate surface area is 175 Å². The van der Waals surface area contributed by atoms with Crippen molar-refractivity contribution >= 4 is 22.5 Å². The molecule has 2 aromatic carbocycles. The maximum Gasteiger partial charge on any atom is 0.115 e. The number of hydrogen-bond acceptors (Lipinski definition) is 3. The number of nitrogens with zero attached hydrogens (tertiary/aromatic N) is 1. The first-order valence-electron chi connectivity index (χ1n) is 10.1. The van der Waals surface area contributed by atoms with Crippen LogP contribution in [0.2, 0.25) is 5.02 Å². The van der Waals surface area contributed by atoms with Crippen LogP contribution in [0.1, 0.15) is 23.2 Å². The third-order valence-electron chi connectivity index (χ3n) is 6.92. The van der Waals surface area contributed by atoms with Crippen LogP contribution < -0.4 is 0 Å². The van der Waals surface area contributed by atoms with Crippen molar-refractivity contribution in [1.82, 2.24) is 9.88 Å². The molecule has 29 heavy (non-hydrogen) atoms. The molecule has 2 aliphatic rings. The molecule has 1 aliphatic heterocycles. The highest BCUT2D eigenvalue weighted by atomic mass is 35.5. The quantitative estimate of drug-likeness (QED) is 0.569. The monoisotopic (exact) mass is 408 g/mol. The number of piperidine rings is 1. The Morgan fingerprint density at radius 2 is 2.07 bits per heavy atom. The molecule has 0 unspecified atom stereocenters. The minimum absolute atomic E-state index is 0.238. The molecule has 0 spiro atoms. The fourth-order valence-corrected chi connectivity index (χ4v) is 5.71. The highest BCUT2D eigenvalue weighted by Crippen LogP contribution is 2.51. The van der Waals surface area contributed by atoms with Crippen molar-refractivity contribution in [2.45, 2.75) is 30.3 Å². The van der Waals surface area contributed by atoms with Gasteiger partial charge in [0.15, 0.2) is 0 Å². The first kappa shape index (κ1) is 18.7. The second-order valence-corrected chi connectivity index (χ2v) is 9.00. The van der Waals surface area contributed by atoms with Crippen LogP contribution in [-0.2, 0) is 18.3 Å². The van der Waals surface area contributed by atoms with Gasteiger partial charge < -0.3 is 15.2 Å². The third-order valence-corrected chi connectivity index (χ3v) is 7.16. The van der Waals surface area contributed by atoms with Gasteiger partial charge in [0.1, 0.15) is 5.75 Å². The minimum Gasteiger partial charge on any atom is -0.508 e. The zero-order chi connectivity index (χ0) is 20.2. The predicted octanol–water partition coefficient (Wildman–Crippen LogP) is 4.19. The number of fused-ring (bicyclic) bond motifs is 4. The number of aliphatic hydroxyl groups is 1. The van der Waals surface area contributed by atoms with Crippen LogP contribution in [0.15, 0.2) is 55.1 Å². The lowest BCUT2D eigenvalue weighted by molar-refractivity contribution is -0.100. The van der Waals surface area contributed by atoms with E-state index in [1.54, 1.807) is 6.07 Å². The van der Waals surface area contributed by atoms with E-state index in [-0.39, 0.29) is 5.75 Å². The van der Waals surface area contributed by atoms with Gasteiger partial charge in [-0.15, -0.1) is 6.58 Å². The molecule has 0 bridgehead atoms. The summed E-state index contributed by atoms with van der Waals surface area (Å²) in [5, 5.41) is 24.1. The summed E-state index contributed by atoms with van der Waals surface area (Å²) in [6, 6.07) is 13.3. The smallest absolute Gasteiger partial charge is 0.115 e. The average molecular weight is 409 g/mol. The van der Waals surface area contributed by atoms with Crippen molar-refractivity contribution in [3.8, 4) is 5.75 Å². The molecule has 0 radical (unpaired) electrons. The summed E-state index contributed by atoms with van der Waals surface area (Å²) in [6.07, 6.45) is 3.96. The number of aromatic hydroxyl groups is 1. The standard InChI is InChI=1S/C24H25ClN2O2/c1-2-9-27-10-8-23(16-4-3-5-18(28)11-16)14-22-20(13-24(23,29)15-27)19-12-17(25)6-7-21(19)26-22/h2-7,11-12,26,28-29H,1,8-10,13-15H2/t23-,24-/m0/s1. The molecule has 2 heterocycles. The first-order chi connectivity index (χ1) is 13.9. The molecule has 1 saturated heterocycles. The topological polar surface area (TPSA) is 59.5 Å². The Bertz CT molecular complexity index is 1110. The Morgan fingerprint density at radius 3 is 2.86 bits per heavy atom. The summed E-state index contributed by atoms with van der Waals surface area (Å²) < 4.78 is 0. The summed E-state index contributed by atoms with van der Waals surface area (Å²) in [6.45, 7) is 6.08. The molecule has 0 amide bonds. The number of likely N-dealkylation sites (tertiary alicyclic amines) is 1. The van der Waals surface area contributed by atoms with Gasteiger partial charge in [-0.3, -0.25) is 4.90 Å². The average Bonchev–Trinajstić information content (AvgIpc) is 3.02. The lowest BCUT2D eigenvalue weighted by Crippen LogP contribution is -2.66. The van der Waals surface area contributed by atoms with Crippen LogP contribution in [0, 0.1) is 0 Å². The number of halogens is 1. The molecule has 1 aromatic heterocycles. The Balaban J connectivity index is 1.70. The largest absolute Gasteiger partial charge is 0.508 e. The minimum atomic E-state index is -0.952. The maximum absolute atomic E-state index is 12.2. The lowest BCUT2D eigenvalue weighted by Gasteiger charge is -2.56. The van der Waals surface area contributed by atoms with Crippen LogP contribution >= 0.6 is 11.6 Å². The number of benzene rings is 2. The van der Waals surface area contributed by atoms with E-state index in [1.807, 2.05) is 42.5 Å². The van der Waals surface area contributed by atoms with Gasteiger partial charge in [0.2, 0.25) is 0 Å². The number of β-amino-alcohol motifs (C(OH)–C–C–N with tert-alkyl or cyclic N) is 1. The van der Waals surface area contributed by atoms with E-state index >= 15 is 0 Å². The second kappa shape index (κ2) is 6.63. The van der Waals surface area contributed by atoms with Gasteiger partial charge in [-0.25, -0.2) is 0 Å². The van der Waals surface area contributed by atoms with Gasteiger partial charge in [-0.05, 0) is 54.4 Å². The molecule has 2 atom stereocenters. The molecule has 5 heteroatoms. The number of phenols is 1. The van der Waals surface area contributed by atoms with Gasteiger partial charge >= 0.3 is 0 Å². The Kier molecular flexibility index (Phi) is 4.28. The normalized spacial score (nSPS) is 26.8. The van der Waals surface area contributed by atoms with Crippen molar-refractivity contribution < 1.29 is 10.2 Å². The second-order valence-electron chi connectivity index (χ2n) is 8.56. The van der Waals surface area contributed by atoms with Gasteiger partial charge in [-0.1, -0.05) is 29.8 Å². The zero-order valence-electron chi connectivity index (χ0n) is 16.3. The number of aromatic amines is 1. The van der Waals surface area contributed by atoms with Crippen LogP contribution in [0.3, 0.4) is 0 Å². The number of aromatic nitrogens is 1. The zero-order valence-corrected chi connectivity index (χ0v) is 17.0. The van der Waals surface area contributed by atoms with Crippen LogP contribution in [-0.4, -0.2) is 45.3 Å². The van der Waals surface area contributed by atoms with E-state index in [4.69, 9.17) is 11.6 Å². The van der Waals surface area contributed by atoms with E-state index in [0.29, 0.717) is 24.4 Å². The van der Waals surface area contributed by atoms with E-state index in [9.17, 15) is 10.2 Å². The summed E-state index contributed by atoms with van der Waals surface area (Å²) in [7, 11) is 0. The molecule has 150 valence electrons. The first-order valence-corrected chi connectivity index (χ1v) is 10.5. The van der Waals surface area contributed by atoms with Crippen LogP contribution in [0.5, 0.6) is 5.75 Å². The highest BCUT2D eigenvalue weighted by molar-refractivity contribution is 6.31. The molecule has 1 fully saturated rings. The van der Waals surface area contributed by atoms with Crippen LogP contribution in [0.25, 0.3) is 10.9 Å². The van der Waals surface area contributed by atoms with Gasteiger partial charge in [0, 0.05) is 53.0 Å². The van der Waals surface area contributed by atoms with Gasteiger partial charge in [0.05, 0.1) is 5.60 Å². The highest BCUT2D eigenvalue weighted by Gasteiger charge is 2.57. The molecule has 1 aliphatic carbocycles. The number of phenolic OH excluding ortho intramolecular Hbond substituents is 1. The summed E-state index contributed by atoms with van der Waals surface area (Å²) in [5.74, 6) is 0.238. The summed E-state index contributed by atoms with van der Waals surface area (Å²) >= 11 is 6.27. The lowest BCUT2D eigenvalue weighted by atomic mass is 9.56. The van der Waals surface area contributed by atoms with Gasteiger partial charge in [0.25, 0.3) is 0 Å². The van der Waals surface area contributed by atoms with Crippen molar-refractivity contribution in [1.29, 1.82) is 0 Å². The fourth-order valence-electron chi connectivity index (χ4n) is 5.54. The van der Waals surface area contributed by atoms with E-state index in [1.165, 1.54) is 0 Å². The molecule has 3 aromatic rings. The number of nitrogens with one attached hydrogen (secondary N) is 1. The molecule has 3 N–H and O–H groups in total. The predicted molar refractivity (Wildman–Crippen MR) is 117 cm³/mol. The SMILES string of the molecule is C=CCN1CC[C@@]2(c3cccc(O)c3)Cc3[nH]c4ccc(Cl)cc4c3C[C@]2(O)C1. The van der Waals surface area contributed by atoms with E-state index in [0.717, 1.165) is 47.2 Å². The fraction of sp³-hybridized carbons (Fsp3) is 0.333. The van der Waals surface area contributed by atoms with Crippen LogP contribution in [0.4, 0.5) is 0 Å². The Hall–Kier alpha value is -2.27.